The smallest absolute Gasteiger partial charge is 0.258 e. The molecule has 1 heterocycles. The van der Waals surface area contributed by atoms with Gasteiger partial charge in [0.25, 0.3) is 0 Å². The van der Waals surface area contributed by atoms with E-state index in [0.29, 0.717) is 10.8 Å². The highest BCUT2D eigenvalue weighted by Gasteiger charge is 2.26. The van der Waals surface area contributed by atoms with Gasteiger partial charge in [-0.25, -0.2) is 0 Å². The molecule has 0 aliphatic rings. The van der Waals surface area contributed by atoms with Crippen LogP contribution < -0.4 is 0 Å². The number of benzene rings is 1. The molecule has 0 bridgehead atoms. The Morgan fingerprint density at radius 3 is 1.59 bits per heavy atom. The lowest BCUT2D eigenvalue weighted by atomic mass is 10.1. The molecule has 0 unspecified atom stereocenters. The van der Waals surface area contributed by atoms with Crippen molar-refractivity contribution in [2.24, 2.45) is 0 Å². The Labute approximate surface area is 99.8 Å². The Hall–Kier alpha value is -2.02. The first-order chi connectivity index (χ1) is 7.91. The van der Waals surface area contributed by atoms with Crippen LogP contribution in [0.5, 0.6) is 0 Å². The number of hydrogen-bond acceptors (Lipinski definition) is 5. The zero-order valence-corrected chi connectivity index (χ0v) is 9.91. The predicted octanol–water partition coefficient (Wildman–Crippen LogP) is 3.33. The Kier molecular flexibility index (Phi) is 2.55. The Balaban J connectivity index is 2.88. The summed E-state index contributed by atoms with van der Waals surface area (Å²) in [6.45, 7) is 3.69. The lowest BCUT2D eigenvalue weighted by molar-refractivity contribution is -0.422. The van der Waals surface area contributed by atoms with E-state index in [1.165, 1.54) is 23.5 Å². The fourth-order valence-corrected chi connectivity index (χ4v) is 2.81. The van der Waals surface area contributed by atoms with Gasteiger partial charge < -0.3 is 0 Å². The van der Waals surface area contributed by atoms with Crippen molar-refractivity contribution in [2.75, 3.05) is 0 Å². The van der Waals surface area contributed by atoms with Crippen LogP contribution in [0.15, 0.2) is 12.1 Å². The van der Waals surface area contributed by atoms with Crippen LogP contribution >= 0.6 is 11.3 Å². The Bertz CT molecular complexity index is 593. The van der Waals surface area contributed by atoms with Crippen molar-refractivity contribution < 1.29 is 9.85 Å². The van der Waals surface area contributed by atoms with Crippen molar-refractivity contribution in [1.82, 2.24) is 0 Å². The van der Waals surface area contributed by atoms with E-state index in [1.54, 1.807) is 0 Å². The molecule has 2 aromatic rings. The highest BCUT2D eigenvalue weighted by Crippen LogP contribution is 2.38. The van der Waals surface area contributed by atoms with Crippen molar-refractivity contribution in [3.63, 3.8) is 0 Å². The lowest BCUT2D eigenvalue weighted by Crippen LogP contribution is -1.96. The lowest BCUT2D eigenvalue weighted by Gasteiger charge is -1.97. The average molecular weight is 252 g/mol. The zero-order chi connectivity index (χ0) is 12.7. The van der Waals surface area contributed by atoms with Crippen LogP contribution in [0.3, 0.4) is 0 Å². The molecule has 0 aliphatic carbocycles. The summed E-state index contributed by atoms with van der Waals surface area (Å²) >= 11 is 1.48. The summed E-state index contributed by atoms with van der Waals surface area (Å²) in [5.41, 5.74) is -0.910. The van der Waals surface area contributed by atoms with Gasteiger partial charge in [-0.1, -0.05) is 0 Å². The number of nitro benzene ring substituents is 2. The van der Waals surface area contributed by atoms with E-state index >= 15 is 0 Å². The van der Waals surface area contributed by atoms with Crippen molar-refractivity contribution in [3.8, 4) is 0 Å². The molecule has 0 saturated heterocycles. The summed E-state index contributed by atoms with van der Waals surface area (Å²) < 4.78 is 0. The molecule has 6 nitrogen and oxygen atoms in total. The minimum atomic E-state index is -0.718. The number of fused-ring (bicyclic) bond motifs is 1. The SMILES string of the molecule is Cc1sc(C)c2cc([N+](=O)[O-])c([N+](=O)[O-])cc12. The van der Waals surface area contributed by atoms with E-state index in [2.05, 4.69) is 0 Å². The summed E-state index contributed by atoms with van der Waals surface area (Å²) in [6, 6.07) is 2.57. The third kappa shape index (κ3) is 1.74. The molecule has 0 radical (unpaired) electrons. The zero-order valence-electron chi connectivity index (χ0n) is 9.09. The van der Waals surface area contributed by atoms with Crippen molar-refractivity contribution in [1.29, 1.82) is 0 Å². The van der Waals surface area contributed by atoms with Gasteiger partial charge in [0.1, 0.15) is 0 Å². The first kappa shape index (κ1) is 11.5. The summed E-state index contributed by atoms with van der Waals surface area (Å²) in [4.78, 5) is 22.0. The van der Waals surface area contributed by atoms with Gasteiger partial charge in [-0.15, -0.1) is 11.3 Å². The average Bonchev–Trinajstić information content (AvgIpc) is 2.52. The van der Waals surface area contributed by atoms with Gasteiger partial charge in [-0.2, -0.15) is 0 Å². The second-order valence-corrected chi connectivity index (χ2v) is 5.04. The molecule has 0 amide bonds. The van der Waals surface area contributed by atoms with Crippen molar-refractivity contribution in [2.45, 2.75) is 13.8 Å². The van der Waals surface area contributed by atoms with Gasteiger partial charge in [0.2, 0.25) is 0 Å². The van der Waals surface area contributed by atoms with E-state index in [0.717, 1.165) is 9.75 Å². The first-order valence-corrected chi connectivity index (χ1v) is 5.56. The Morgan fingerprint density at radius 1 is 0.941 bits per heavy atom. The van der Waals surface area contributed by atoms with Crippen LogP contribution in [-0.4, -0.2) is 9.85 Å². The predicted molar refractivity (Wildman–Crippen MR) is 64.6 cm³/mol. The first-order valence-electron chi connectivity index (χ1n) is 4.74. The molecule has 0 saturated carbocycles. The van der Waals surface area contributed by atoms with Gasteiger partial charge in [-0.3, -0.25) is 20.2 Å². The van der Waals surface area contributed by atoms with E-state index in [9.17, 15) is 20.2 Å². The van der Waals surface area contributed by atoms with Gasteiger partial charge in [0, 0.05) is 32.7 Å². The molecular formula is C10H8N2O4S. The maximum atomic E-state index is 10.8. The van der Waals surface area contributed by atoms with E-state index in [1.807, 2.05) is 13.8 Å². The molecule has 0 N–H and O–H groups in total. The summed E-state index contributed by atoms with van der Waals surface area (Å²) in [6.07, 6.45) is 0. The molecule has 0 aliphatic heterocycles. The van der Waals surface area contributed by atoms with Crippen LogP contribution in [0.2, 0.25) is 0 Å². The molecule has 0 atom stereocenters. The fourth-order valence-electron chi connectivity index (χ4n) is 1.79. The quantitative estimate of drug-likeness (QED) is 0.605. The molecule has 1 aromatic carbocycles. The molecule has 2 rings (SSSR count). The molecule has 88 valence electrons. The number of aryl methyl sites for hydroxylation is 2. The number of rotatable bonds is 2. The second-order valence-electron chi connectivity index (χ2n) is 3.62. The minimum absolute atomic E-state index is 0.455. The topological polar surface area (TPSA) is 86.3 Å². The maximum absolute atomic E-state index is 10.8. The van der Waals surface area contributed by atoms with E-state index in [-0.39, 0.29) is 0 Å². The van der Waals surface area contributed by atoms with Gasteiger partial charge >= 0.3 is 11.4 Å². The molecule has 7 heteroatoms. The molecular weight excluding hydrogens is 244 g/mol. The number of nitrogens with zero attached hydrogens (tertiary/aromatic N) is 2. The van der Waals surface area contributed by atoms with Crippen LogP contribution in [0.25, 0.3) is 10.8 Å². The van der Waals surface area contributed by atoms with E-state index < -0.39 is 21.2 Å². The van der Waals surface area contributed by atoms with Crippen molar-refractivity contribution in [3.05, 3.63) is 42.1 Å². The third-order valence-electron chi connectivity index (χ3n) is 2.57. The van der Waals surface area contributed by atoms with Gasteiger partial charge in [0.15, 0.2) is 0 Å². The normalized spacial score (nSPS) is 10.7. The third-order valence-corrected chi connectivity index (χ3v) is 3.63. The maximum Gasteiger partial charge on any atom is 0.346 e. The van der Waals surface area contributed by atoms with E-state index in [4.69, 9.17) is 0 Å². The van der Waals surface area contributed by atoms with Crippen LogP contribution in [-0.2, 0) is 0 Å². The highest BCUT2D eigenvalue weighted by atomic mass is 32.1. The van der Waals surface area contributed by atoms with Gasteiger partial charge in [-0.05, 0) is 13.8 Å². The summed E-state index contributed by atoms with van der Waals surface area (Å²) in [5, 5.41) is 23.0. The largest absolute Gasteiger partial charge is 0.346 e. The van der Waals surface area contributed by atoms with Crippen LogP contribution in [0.4, 0.5) is 11.4 Å². The standard InChI is InChI=1S/C10H8N2O4S/c1-5-7-3-9(11(13)14)10(12(15)16)4-8(7)6(2)17-5/h3-4H,1-2H3. The van der Waals surface area contributed by atoms with Crippen LogP contribution in [0, 0.1) is 34.1 Å². The molecule has 1 aromatic heterocycles. The fraction of sp³-hybridized carbons (Fsp3) is 0.200. The number of nitro groups is 2. The highest BCUT2D eigenvalue weighted by molar-refractivity contribution is 7.13. The summed E-state index contributed by atoms with van der Waals surface area (Å²) in [7, 11) is 0. The minimum Gasteiger partial charge on any atom is -0.258 e. The van der Waals surface area contributed by atoms with Crippen LogP contribution in [0.1, 0.15) is 9.75 Å². The molecule has 17 heavy (non-hydrogen) atoms. The summed E-state index contributed by atoms with van der Waals surface area (Å²) in [5.74, 6) is 0. The molecule has 0 spiro atoms. The number of thiophene rings is 1. The van der Waals surface area contributed by atoms with Crippen molar-refractivity contribution >= 4 is 33.5 Å². The van der Waals surface area contributed by atoms with Gasteiger partial charge in [0.05, 0.1) is 9.85 Å². The number of hydrogen-bond donors (Lipinski definition) is 0. The second kappa shape index (κ2) is 3.77. The molecule has 0 fully saturated rings. The Morgan fingerprint density at radius 2 is 1.29 bits per heavy atom. The monoisotopic (exact) mass is 252 g/mol.